The number of benzene rings is 3. The minimum atomic E-state index is -0.939. The van der Waals surface area contributed by atoms with E-state index in [-0.39, 0.29) is 0 Å². The molecule has 3 rings (SSSR count). The minimum absolute atomic E-state index is 0.636. The molecule has 0 unspecified atom stereocenters. The first-order valence-electron chi connectivity index (χ1n) is 6.97. The van der Waals surface area contributed by atoms with Gasteiger partial charge in [0.25, 0.3) is 0 Å². The zero-order chi connectivity index (χ0) is 15.0. The van der Waals surface area contributed by atoms with Crippen molar-refractivity contribution in [3.8, 4) is 11.1 Å². The molecule has 0 fully saturated rings. The summed E-state index contributed by atoms with van der Waals surface area (Å²) in [5.41, 5.74) is 2.00. The fourth-order valence-corrected chi connectivity index (χ4v) is 2.80. The number of halogens is 1. The van der Waals surface area contributed by atoms with E-state index in [1.165, 1.54) is 10.8 Å². The summed E-state index contributed by atoms with van der Waals surface area (Å²) >= 11 is 6.09. The van der Waals surface area contributed by atoms with Crippen molar-refractivity contribution < 1.29 is 5.11 Å². The SMILES string of the molecule is CC(C)(O)c1cc(Cl)ccc1-c1ccc2ccccc2c1. The van der Waals surface area contributed by atoms with Gasteiger partial charge in [-0.1, -0.05) is 54.1 Å². The maximum Gasteiger partial charge on any atom is 0.0847 e. The molecular weight excluding hydrogens is 280 g/mol. The molecular formula is C19H17ClO. The second-order valence-electron chi connectivity index (χ2n) is 5.81. The second-order valence-corrected chi connectivity index (χ2v) is 6.25. The van der Waals surface area contributed by atoms with E-state index in [1.54, 1.807) is 13.8 Å². The molecule has 0 heterocycles. The van der Waals surface area contributed by atoms with Gasteiger partial charge in [0.1, 0.15) is 0 Å². The van der Waals surface area contributed by atoms with Crippen molar-refractivity contribution in [1.82, 2.24) is 0 Å². The third kappa shape index (κ3) is 2.80. The van der Waals surface area contributed by atoms with E-state index in [0.717, 1.165) is 16.7 Å². The van der Waals surface area contributed by atoms with Crippen molar-refractivity contribution in [3.63, 3.8) is 0 Å². The summed E-state index contributed by atoms with van der Waals surface area (Å²) in [5.74, 6) is 0. The molecule has 0 aromatic heterocycles. The summed E-state index contributed by atoms with van der Waals surface area (Å²) < 4.78 is 0. The van der Waals surface area contributed by atoms with Crippen LogP contribution in [0.15, 0.2) is 60.7 Å². The van der Waals surface area contributed by atoms with Gasteiger partial charge in [-0.3, -0.25) is 0 Å². The van der Waals surface area contributed by atoms with Crippen LogP contribution in [0.2, 0.25) is 5.02 Å². The largest absolute Gasteiger partial charge is 0.386 e. The van der Waals surface area contributed by atoms with Gasteiger partial charge in [-0.15, -0.1) is 0 Å². The van der Waals surface area contributed by atoms with Crippen LogP contribution < -0.4 is 0 Å². The maximum absolute atomic E-state index is 10.4. The molecule has 21 heavy (non-hydrogen) atoms. The van der Waals surface area contributed by atoms with Crippen LogP contribution in [0.25, 0.3) is 21.9 Å². The Bertz CT molecular complexity index is 800. The topological polar surface area (TPSA) is 20.2 Å². The molecule has 0 aliphatic carbocycles. The van der Waals surface area contributed by atoms with Crippen LogP contribution in [0.4, 0.5) is 0 Å². The molecule has 0 spiro atoms. The molecule has 2 heteroatoms. The Morgan fingerprint density at radius 2 is 1.57 bits per heavy atom. The van der Waals surface area contributed by atoms with Gasteiger partial charge in [0.15, 0.2) is 0 Å². The summed E-state index contributed by atoms with van der Waals surface area (Å²) in [6, 6.07) is 20.3. The van der Waals surface area contributed by atoms with Crippen LogP contribution in [0.5, 0.6) is 0 Å². The number of hydrogen-bond acceptors (Lipinski definition) is 1. The van der Waals surface area contributed by atoms with E-state index in [9.17, 15) is 5.11 Å². The number of fused-ring (bicyclic) bond motifs is 1. The smallest absolute Gasteiger partial charge is 0.0847 e. The highest BCUT2D eigenvalue weighted by Gasteiger charge is 2.21. The lowest BCUT2D eigenvalue weighted by Crippen LogP contribution is -2.16. The van der Waals surface area contributed by atoms with Gasteiger partial charge in [-0.25, -0.2) is 0 Å². The first-order chi connectivity index (χ1) is 9.95. The van der Waals surface area contributed by atoms with Crippen LogP contribution in [-0.4, -0.2) is 5.11 Å². The van der Waals surface area contributed by atoms with Gasteiger partial charge in [-0.05, 0) is 59.5 Å². The van der Waals surface area contributed by atoms with Crippen LogP contribution in [0.1, 0.15) is 19.4 Å². The summed E-state index contributed by atoms with van der Waals surface area (Å²) in [4.78, 5) is 0. The second kappa shape index (κ2) is 5.18. The van der Waals surface area contributed by atoms with Crippen molar-refractivity contribution in [2.45, 2.75) is 19.4 Å². The van der Waals surface area contributed by atoms with Gasteiger partial charge >= 0.3 is 0 Å². The van der Waals surface area contributed by atoms with Crippen LogP contribution in [0, 0.1) is 0 Å². The van der Waals surface area contributed by atoms with Gasteiger partial charge in [0.2, 0.25) is 0 Å². The first-order valence-corrected chi connectivity index (χ1v) is 7.34. The fraction of sp³-hybridized carbons (Fsp3) is 0.158. The molecule has 0 aliphatic heterocycles. The van der Waals surface area contributed by atoms with E-state index in [2.05, 4.69) is 30.3 Å². The molecule has 0 bridgehead atoms. The third-order valence-electron chi connectivity index (χ3n) is 3.70. The Hall–Kier alpha value is -1.83. The lowest BCUT2D eigenvalue weighted by molar-refractivity contribution is 0.0792. The van der Waals surface area contributed by atoms with Crippen LogP contribution in [-0.2, 0) is 5.60 Å². The maximum atomic E-state index is 10.4. The average Bonchev–Trinajstić information content (AvgIpc) is 2.46. The number of hydrogen-bond donors (Lipinski definition) is 1. The van der Waals surface area contributed by atoms with Crippen molar-refractivity contribution in [3.05, 3.63) is 71.2 Å². The molecule has 1 N–H and O–H groups in total. The van der Waals surface area contributed by atoms with Gasteiger partial charge in [-0.2, -0.15) is 0 Å². The summed E-state index contributed by atoms with van der Waals surface area (Å²) in [7, 11) is 0. The van der Waals surface area contributed by atoms with Crippen molar-refractivity contribution in [1.29, 1.82) is 0 Å². The van der Waals surface area contributed by atoms with Crippen molar-refractivity contribution in [2.75, 3.05) is 0 Å². The quantitative estimate of drug-likeness (QED) is 0.672. The zero-order valence-corrected chi connectivity index (χ0v) is 12.9. The Morgan fingerprint density at radius 3 is 2.29 bits per heavy atom. The molecule has 0 saturated heterocycles. The van der Waals surface area contributed by atoms with E-state index in [0.29, 0.717) is 5.02 Å². The molecule has 0 saturated carbocycles. The molecule has 3 aromatic carbocycles. The molecule has 0 amide bonds. The fourth-order valence-electron chi connectivity index (χ4n) is 2.63. The predicted octanol–water partition coefficient (Wildman–Crippen LogP) is 5.39. The van der Waals surface area contributed by atoms with Gasteiger partial charge < -0.3 is 5.11 Å². The lowest BCUT2D eigenvalue weighted by Gasteiger charge is -2.22. The summed E-state index contributed by atoms with van der Waals surface area (Å²) in [6.07, 6.45) is 0. The molecule has 106 valence electrons. The van der Waals surface area contributed by atoms with Crippen LogP contribution >= 0.6 is 11.6 Å². The van der Waals surface area contributed by atoms with E-state index in [4.69, 9.17) is 11.6 Å². The van der Waals surface area contributed by atoms with Gasteiger partial charge in [0, 0.05) is 5.02 Å². The monoisotopic (exact) mass is 296 g/mol. The molecule has 1 nitrogen and oxygen atoms in total. The molecule has 0 atom stereocenters. The Labute approximate surface area is 129 Å². The Balaban J connectivity index is 2.23. The average molecular weight is 297 g/mol. The zero-order valence-electron chi connectivity index (χ0n) is 12.1. The van der Waals surface area contributed by atoms with Crippen molar-refractivity contribution >= 4 is 22.4 Å². The number of rotatable bonds is 2. The highest BCUT2D eigenvalue weighted by molar-refractivity contribution is 6.30. The Kier molecular flexibility index (Phi) is 3.48. The van der Waals surface area contributed by atoms with Crippen LogP contribution in [0.3, 0.4) is 0 Å². The number of aliphatic hydroxyl groups is 1. The third-order valence-corrected chi connectivity index (χ3v) is 3.94. The molecule has 0 aliphatic rings. The van der Waals surface area contributed by atoms with Crippen molar-refractivity contribution in [2.24, 2.45) is 0 Å². The van der Waals surface area contributed by atoms with Gasteiger partial charge in [0.05, 0.1) is 5.60 Å². The minimum Gasteiger partial charge on any atom is -0.386 e. The predicted molar refractivity (Wildman–Crippen MR) is 89.6 cm³/mol. The summed E-state index contributed by atoms with van der Waals surface area (Å²) in [6.45, 7) is 3.56. The molecule has 0 radical (unpaired) electrons. The lowest BCUT2D eigenvalue weighted by atomic mass is 9.89. The Morgan fingerprint density at radius 1 is 0.857 bits per heavy atom. The molecule has 3 aromatic rings. The summed E-state index contributed by atoms with van der Waals surface area (Å²) in [5, 5.41) is 13.4. The first kappa shape index (κ1) is 14.1. The highest BCUT2D eigenvalue weighted by atomic mass is 35.5. The standard InChI is InChI=1S/C19H17ClO/c1-19(2,21)18-12-16(20)9-10-17(18)15-8-7-13-5-3-4-6-14(13)11-15/h3-12,21H,1-2H3. The van der Waals surface area contributed by atoms with E-state index < -0.39 is 5.60 Å². The normalized spacial score (nSPS) is 11.8. The van der Waals surface area contributed by atoms with E-state index >= 15 is 0 Å². The van der Waals surface area contributed by atoms with E-state index in [1.807, 2.05) is 30.3 Å². The highest BCUT2D eigenvalue weighted by Crippen LogP contribution is 2.34.